The molecule has 3 rings (SSSR count). The van der Waals surface area contributed by atoms with Crippen LogP contribution in [-0.4, -0.2) is 34.8 Å². The zero-order chi connectivity index (χ0) is 17.3. The monoisotopic (exact) mass is 353 g/mol. The third-order valence-electron chi connectivity index (χ3n) is 4.11. The minimum absolute atomic E-state index is 0.0402. The zero-order valence-electron chi connectivity index (χ0n) is 13.1. The topological polar surface area (TPSA) is 62.3 Å². The smallest absolute Gasteiger partial charge is 0.231 e. The average Bonchev–Trinajstić information content (AvgIpc) is 2.95. The van der Waals surface area contributed by atoms with Gasteiger partial charge in [0.05, 0.1) is 16.1 Å². The second-order valence-corrected chi connectivity index (χ2v) is 6.81. The molecule has 1 fully saturated rings. The summed E-state index contributed by atoms with van der Waals surface area (Å²) in [6.07, 6.45) is 1.90. The number of hydrogen-bond donors (Lipinski definition) is 1. The van der Waals surface area contributed by atoms with Crippen molar-refractivity contribution < 1.29 is 18.4 Å². The van der Waals surface area contributed by atoms with Gasteiger partial charge in [-0.1, -0.05) is 18.3 Å². The Morgan fingerprint density at radius 3 is 2.88 bits per heavy atom. The molecule has 1 aliphatic rings. The summed E-state index contributed by atoms with van der Waals surface area (Å²) in [5.41, 5.74) is 0.306. The van der Waals surface area contributed by atoms with Crippen LogP contribution in [-0.2, 0) is 9.59 Å². The highest BCUT2D eigenvalue weighted by Gasteiger charge is 2.28. The fourth-order valence-electron chi connectivity index (χ4n) is 2.83. The molecule has 1 atom stereocenters. The summed E-state index contributed by atoms with van der Waals surface area (Å²) in [6, 6.07) is 2.08. The van der Waals surface area contributed by atoms with Gasteiger partial charge in [0.15, 0.2) is 16.8 Å². The molecule has 0 radical (unpaired) electrons. The van der Waals surface area contributed by atoms with Crippen molar-refractivity contribution >= 4 is 38.5 Å². The van der Waals surface area contributed by atoms with Gasteiger partial charge in [0.25, 0.3) is 0 Å². The number of rotatable bonds is 3. The number of aromatic nitrogens is 1. The van der Waals surface area contributed by atoms with Gasteiger partial charge in [-0.2, -0.15) is 0 Å². The van der Waals surface area contributed by atoms with E-state index in [-0.39, 0.29) is 17.7 Å². The van der Waals surface area contributed by atoms with Crippen molar-refractivity contribution in [2.75, 3.05) is 18.4 Å². The number of piperidine rings is 1. The van der Waals surface area contributed by atoms with Crippen LogP contribution in [0.4, 0.5) is 13.9 Å². The van der Waals surface area contributed by atoms with Crippen LogP contribution in [0, 0.1) is 17.6 Å². The molecular weight excluding hydrogens is 336 g/mol. The number of thiazole rings is 1. The van der Waals surface area contributed by atoms with Crippen molar-refractivity contribution in [2.24, 2.45) is 5.92 Å². The van der Waals surface area contributed by atoms with Crippen LogP contribution < -0.4 is 5.32 Å². The van der Waals surface area contributed by atoms with Gasteiger partial charge in [0, 0.05) is 25.6 Å². The SMILES string of the molecule is CCC(=O)N1CCCC(C(=O)Nc2nc3cc(F)c(F)cc3s2)C1. The Balaban J connectivity index is 1.71. The Bertz CT molecular complexity index is 754. The maximum Gasteiger partial charge on any atom is 0.231 e. The van der Waals surface area contributed by atoms with Crippen molar-refractivity contribution in [3.05, 3.63) is 23.8 Å². The van der Waals surface area contributed by atoms with E-state index in [1.165, 1.54) is 0 Å². The standard InChI is InChI=1S/C16H17F2N3O2S/c1-2-14(22)21-5-3-4-9(8-21)15(23)20-16-19-12-6-10(17)11(18)7-13(12)24-16/h6-7,9H,2-5,8H2,1H3,(H,19,20,23). The first kappa shape index (κ1) is 16.8. The Morgan fingerprint density at radius 2 is 2.12 bits per heavy atom. The molecule has 1 saturated heterocycles. The maximum atomic E-state index is 13.2. The number of hydrogen-bond acceptors (Lipinski definition) is 4. The van der Waals surface area contributed by atoms with Gasteiger partial charge in [-0.15, -0.1) is 0 Å². The molecule has 0 spiro atoms. The molecule has 1 aromatic heterocycles. The first-order valence-corrected chi connectivity index (χ1v) is 8.63. The lowest BCUT2D eigenvalue weighted by atomic mass is 9.97. The molecule has 1 aliphatic heterocycles. The highest BCUT2D eigenvalue weighted by atomic mass is 32.1. The average molecular weight is 353 g/mol. The van der Waals surface area contributed by atoms with Crippen LogP contribution in [0.2, 0.25) is 0 Å². The molecule has 24 heavy (non-hydrogen) atoms. The van der Waals surface area contributed by atoms with Crippen LogP contribution in [0.25, 0.3) is 10.2 Å². The predicted octanol–water partition coefficient (Wildman–Crippen LogP) is 3.16. The normalized spacial score (nSPS) is 18.0. The Hall–Kier alpha value is -2.09. The van der Waals surface area contributed by atoms with E-state index in [4.69, 9.17) is 0 Å². The van der Waals surface area contributed by atoms with Crippen molar-refractivity contribution in [1.82, 2.24) is 9.88 Å². The second kappa shape index (κ2) is 6.80. The van der Waals surface area contributed by atoms with E-state index in [2.05, 4.69) is 10.3 Å². The summed E-state index contributed by atoms with van der Waals surface area (Å²) in [4.78, 5) is 30.0. The van der Waals surface area contributed by atoms with E-state index in [1.54, 1.807) is 11.8 Å². The van der Waals surface area contributed by atoms with Crippen LogP contribution >= 0.6 is 11.3 Å². The lowest BCUT2D eigenvalue weighted by Gasteiger charge is -2.31. The highest BCUT2D eigenvalue weighted by molar-refractivity contribution is 7.22. The Morgan fingerprint density at radius 1 is 1.38 bits per heavy atom. The lowest BCUT2D eigenvalue weighted by Crippen LogP contribution is -2.43. The Labute approximate surface area is 141 Å². The summed E-state index contributed by atoms with van der Waals surface area (Å²) in [5, 5.41) is 3.01. The third-order valence-corrected chi connectivity index (χ3v) is 5.04. The number of anilines is 1. The number of fused-ring (bicyclic) bond motifs is 1. The van der Waals surface area contributed by atoms with Crippen LogP contribution in [0.15, 0.2) is 12.1 Å². The number of halogens is 2. The minimum Gasteiger partial charge on any atom is -0.342 e. The van der Waals surface area contributed by atoms with Gasteiger partial charge in [-0.25, -0.2) is 13.8 Å². The van der Waals surface area contributed by atoms with Gasteiger partial charge >= 0.3 is 0 Å². The quantitative estimate of drug-likeness (QED) is 0.922. The molecule has 0 aliphatic carbocycles. The van der Waals surface area contributed by atoms with E-state index < -0.39 is 11.6 Å². The molecule has 0 saturated carbocycles. The van der Waals surface area contributed by atoms with Gasteiger partial charge < -0.3 is 10.2 Å². The minimum atomic E-state index is -0.966. The van der Waals surface area contributed by atoms with E-state index in [0.29, 0.717) is 41.3 Å². The summed E-state index contributed by atoms with van der Waals surface area (Å²) in [6.45, 7) is 2.87. The number of amides is 2. The molecule has 2 amide bonds. The van der Waals surface area contributed by atoms with E-state index >= 15 is 0 Å². The number of carbonyl (C=O) groups excluding carboxylic acids is 2. The van der Waals surface area contributed by atoms with Crippen molar-refractivity contribution in [1.29, 1.82) is 0 Å². The first-order chi connectivity index (χ1) is 11.5. The number of carbonyl (C=O) groups is 2. The summed E-state index contributed by atoms with van der Waals surface area (Å²) in [5.74, 6) is -2.38. The van der Waals surface area contributed by atoms with Crippen molar-refractivity contribution in [3.8, 4) is 0 Å². The van der Waals surface area contributed by atoms with Crippen LogP contribution in [0.3, 0.4) is 0 Å². The fraction of sp³-hybridized carbons (Fsp3) is 0.438. The van der Waals surface area contributed by atoms with Gasteiger partial charge in [0.1, 0.15) is 0 Å². The molecule has 5 nitrogen and oxygen atoms in total. The van der Waals surface area contributed by atoms with Gasteiger partial charge in [0.2, 0.25) is 11.8 Å². The highest BCUT2D eigenvalue weighted by Crippen LogP contribution is 2.28. The zero-order valence-corrected chi connectivity index (χ0v) is 14.0. The molecule has 0 bridgehead atoms. The van der Waals surface area contributed by atoms with E-state index in [9.17, 15) is 18.4 Å². The molecule has 1 N–H and O–H groups in total. The lowest BCUT2D eigenvalue weighted by molar-refractivity contribution is -0.134. The van der Waals surface area contributed by atoms with E-state index in [0.717, 1.165) is 29.9 Å². The molecule has 128 valence electrons. The first-order valence-electron chi connectivity index (χ1n) is 7.82. The molecule has 1 aromatic carbocycles. The summed E-state index contributed by atoms with van der Waals surface area (Å²) in [7, 11) is 0. The predicted molar refractivity (Wildman–Crippen MR) is 87.8 cm³/mol. The number of nitrogens with one attached hydrogen (secondary N) is 1. The van der Waals surface area contributed by atoms with Crippen molar-refractivity contribution in [3.63, 3.8) is 0 Å². The molecule has 8 heteroatoms. The molecule has 2 aromatic rings. The largest absolute Gasteiger partial charge is 0.342 e. The van der Waals surface area contributed by atoms with Crippen LogP contribution in [0.5, 0.6) is 0 Å². The molecule has 2 heterocycles. The van der Waals surface area contributed by atoms with Gasteiger partial charge in [-0.05, 0) is 18.9 Å². The third kappa shape index (κ3) is 3.38. The van der Waals surface area contributed by atoms with Crippen LogP contribution in [0.1, 0.15) is 26.2 Å². The number of likely N-dealkylation sites (tertiary alicyclic amines) is 1. The molecular formula is C16H17F2N3O2S. The second-order valence-electron chi connectivity index (χ2n) is 5.77. The van der Waals surface area contributed by atoms with Gasteiger partial charge in [-0.3, -0.25) is 9.59 Å². The Kier molecular flexibility index (Phi) is 4.75. The molecule has 1 unspecified atom stereocenters. The maximum absolute atomic E-state index is 13.2. The van der Waals surface area contributed by atoms with E-state index in [1.807, 2.05) is 0 Å². The number of benzene rings is 1. The summed E-state index contributed by atoms with van der Waals surface area (Å²) < 4.78 is 26.9. The fourth-order valence-corrected chi connectivity index (χ4v) is 3.70. The summed E-state index contributed by atoms with van der Waals surface area (Å²) >= 11 is 1.09. The number of nitrogens with zero attached hydrogens (tertiary/aromatic N) is 2. The van der Waals surface area contributed by atoms with Crippen molar-refractivity contribution in [2.45, 2.75) is 26.2 Å².